The Morgan fingerprint density at radius 3 is 2.68 bits per heavy atom. The van der Waals surface area contributed by atoms with E-state index >= 15 is 0 Å². The summed E-state index contributed by atoms with van der Waals surface area (Å²) in [7, 11) is 0. The van der Waals surface area contributed by atoms with Gasteiger partial charge in [0, 0.05) is 6.54 Å². The number of carboxylic acids is 1. The molecule has 0 saturated carbocycles. The predicted molar refractivity (Wildman–Crippen MR) is 72.0 cm³/mol. The molecule has 2 rings (SSSR count). The molecule has 1 fully saturated rings. The standard InChI is InChI=1S/C15H19NO3/c1-10-5-6-12(8-11(10)2)9-14(17)16-7-3-4-13(16)15(18)19/h5-6,8,13H,3-4,7,9H2,1-2H3,(H,18,19)/t13-/m0/s1. The van der Waals surface area contributed by atoms with E-state index in [1.54, 1.807) is 0 Å². The molecule has 4 heteroatoms. The Bertz CT molecular complexity index is 510. The van der Waals surface area contributed by atoms with E-state index in [2.05, 4.69) is 0 Å². The van der Waals surface area contributed by atoms with Gasteiger partial charge in [-0.05, 0) is 43.4 Å². The van der Waals surface area contributed by atoms with Crippen LogP contribution in [-0.4, -0.2) is 34.5 Å². The lowest BCUT2D eigenvalue weighted by molar-refractivity contribution is -0.148. The van der Waals surface area contributed by atoms with Crippen LogP contribution < -0.4 is 0 Å². The molecular formula is C15H19NO3. The number of carboxylic acid groups (broad SMARTS) is 1. The number of hydrogen-bond donors (Lipinski definition) is 1. The first-order valence-electron chi connectivity index (χ1n) is 6.57. The van der Waals surface area contributed by atoms with E-state index in [1.165, 1.54) is 10.5 Å². The van der Waals surface area contributed by atoms with Gasteiger partial charge in [-0.1, -0.05) is 18.2 Å². The number of aliphatic carboxylic acids is 1. The van der Waals surface area contributed by atoms with Crippen molar-refractivity contribution in [2.45, 2.75) is 39.2 Å². The zero-order chi connectivity index (χ0) is 14.0. The predicted octanol–water partition coefficient (Wildman–Crippen LogP) is 1.92. The van der Waals surface area contributed by atoms with Gasteiger partial charge in [0.15, 0.2) is 0 Å². The summed E-state index contributed by atoms with van der Waals surface area (Å²) in [4.78, 5) is 24.8. The average Bonchev–Trinajstić information content (AvgIpc) is 2.83. The van der Waals surface area contributed by atoms with Crippen molar-refractivity contribution >= 4 is 11.9 Å². The molecule has 1 amide bonds. The summed E-state index contributed by atoms with van der Waals surface area (Å²) >= 11 is 0. The fourth-order valence-electron chi connectivity index (χ4n) is 2.51. The van der Waals surface area contributed by atoms with Crippen molar-refractivity contribution in [2.75, 3.05) is 6.54 Å². The Kier molecular flexibility index (Phi) is 3.88. The molecule has 1 aliphatic rings. The summed E-state index contributed by atoms with van der Waals surface area (Å²) in [6, 6.07) is 5.29. The van der Waals surface area contributed by atoms with Crippen LogP contribution in [0.15, 0.2) is 18.2 Å². The summed E-state index contributed by atoms with van der Waals surface area (Å²) < 4.78 is 0. The summed E-state index contributed by atoms with van der Waals surface area (Å²) in [5, 5.41) is 9.09. The van der Waals surface area contributed by atoms with Crippen molar-refractivity contribution in [2.24, 2.45) is 0 Å². The van der Waals surface area contributed by atoms with Crippen LogP contribution in [0.4, 0.5) is 0 Å². The molecule has 1 saturated heterocycles. The fraction of sp³-hybridized carbons (Fsp3) is 0.467. The van der Waals surface area contributed by atoms with E-state index in [0.717, 1.165) is 17.5 Å². The molecule has 1 aromatic rings. The molecule has 1 atom stereocenters. The van der Waals surface area contributed by atoms with Gasteiger partial charge in [0.1, 0.15) is 6.04 Å². The number of carbonyl (C=O) groups excluding carboxylic acids is 1. The minimum absolute atomic E-state index is 0.0897. The number of rotatable bonds is 3. The Balaban J connectivity index is 2.08. The average molecular weight is 261 g/mol. The van der Waals surface area contributed by atoms with Gasteiger partial charge in [-0.2, -0.15) is 0 Å². The first-order valence-corrected chi connectivity index (χ1v) is 6.57. The molecule has 0 aromatic heterocycles. The van der Waals surface area contributed by atoms with Crippen molar-refractivity contribution in [3.63, 3.8) is 0 Å². The van der Waals surface area contributed by atoms with Gasteiger partial charge < -0.3 is 10.0 Å². The van der Waals surface area contributed by atoms with Crippen molar-refractivity contribution < 1.29 is 14.7 Å². The van der Waals surface area contributed by atoms with Crippen molar-refractivity contribution in [3.8, 4) is 0 Å². The topological polar surface area (TPSA) is 57.6 Å². The maximum Gasteiger partial charge on any atom is 0.326 e. The molecule has 4 nitrogen and oxygen atoms in total. The minimum atomic E-state index is -0.897. The molecule has 0 spiro atoms. The van der Waals surface area contributed by atoms with Crippen molar-refractivity contribution in [1.29, 1.82) is 0 Å². The van der Waals surface area contributed by atoms with E-state index in [0.29, 0.717) is 13.0 Å². The number of likely N-dealkylation sites (tertiary alicyclic amines) is 1. The van der Waals surface area contributed by atoms with Crippen LogP contribution in [0.1, 0.15) is 29.5 Å². The monoisotopic (exact) mass is 261 g/mol. The van der Waals surface area contributed by atoms with E-state index in [1.807, 2.05) is 32.0 Å². The van der Waals surface area contributed by atoms with E-state index in [-0.39, 0.29) is 12.3 Å². The maximum atomic E-state index is 12.2. The molecular weight excluding hydrogens is 242 g/mol. The number of amides is 1. The largest absolute Gasteiger partial charge is 0.480 e. The minimum Gasteiger partial charge on any atom is -0.480 e. The molecule has 1 aromatic carbocycles. The van der Waals surface area contributed by atoms with Gasteiger partial charge in [-0.25, -0.2) is 4.79 Å². The molecule has 1 N–H and O–H groups in total. The maximum absolute atomic E-state index is 12.2. The fourth-order valence-corrected chi connectivity index (χ4v) is 2.51. The Hall–Kier alpha value is -1.84. The highest BCUT2D eigenvalue weighted by atomic mass is 16.4. The third kappa shape index (κ3) is 2.95. The summed E-state index contributed by atoms with van der Waals surface area (Å²) in [5.41, 5.74) is 3.30. The van der Waals surface area contributed by atoms with Crippen molar-refractivity contribution in [3.05, 3.63) is 34.9 Å². The first kappa shape index (κ1) is 13.6. The molecule has 1 aliphatic heterocycles. The lowest BCUT2D eigenvalue weighted by Crippen LogP contribution is -2.41. The second-order valence-electron chi connectivity index (χ2n) is 5.18. The van der Waals surface area contributed by atoms with Gasteiger partial charge in [0.25, 0.3) is 0 Å². The second-order valence-corrected chi connectivity index (χ2v) is 5.18. The zero-order valence-electron chi connectivity index (χ0n) is 11.3. The summed E-state index contributed by atoms with van der Waals surface area (Å²) in [6.45, 7) is 4.60. The lowest BCUT2D eigenvalue weighted by atomic mass is 10.0. The van der Waals surface area contributed by atoms with Crippen LogP contribution in [0.2, 0.25) is 0 Å². The second kappa shape index (κ2) is 5.43. The number of aryl methyl sites for hydroxylation is 2. The van der Waals surface area contributed by atoms with Gasteiger partial charge in [0.2, 0.25) is 5.91 Å². The van der Waals surface area contributed by atoms with Crippen LogP contribution in [0, 0.1) is 13.8 Å². The number of hydrogen-bond acceptors (Lipinski definition) is 2. The van der Waals surface area contributed by atoms with E-state index in [9.17, 15) is 9.59 Å². The van der Waals surface area contributed by atoms with E-state index < -0.39 is 12.0 Å². The third-order valence-electron chi connectivity index (χ3n) is 3.78. The Morgan fingerprint density at radius 1 is 1.32 bits per heavy atom. The summed E-state index contributed by atoms with van der Waals surface area (Å²) in [5.74, 6) is -0.987. The smallest absolute Gasteiger partial charge is 0.326 e. The molecule has 1 heterocycles. The number of benzene rings is 1. The zero-order valence-corrected chi connectivity index (χ0v) is 11.3. The Morgan fingerprint density at radius 2 is 2.05 bits per heavy atom. The highest BCUT2D eigenvalue weighted by Crippen LogP contribution is 2.19. The Labute approximate surface area is 113 Å². The van der Waals surface area contributed by atoms with Gasteiger partial charge in [-0.3, -0.25) is 4.79 Å². The summed E-state index contributed by atoms with van der Waals surface area (Å²) in [6.07, 6.45) is 1.62. The number of nitrogens with zero attached hydrogens (tertiary/aromatic N) is 1. The molecule has 0 unspecified atom stereocenters. The lowest BCUT2D eigenvalue weighted by Gasteiger charge is -2.21. The number of carbonyl (C=O) groups is 2. The van der Waals surface area contributed by atoms with Gasteiger partial charge >= 0.3 is 5.97 Å². The van der Waals surface area contributed by atoms with Crippen LogP contribution in [0.5, 0.6) is 0 Å². The van der Waals surface area contributed by atoms with Crippen LogP contribution >= 0.6 is 0 Å². The molecule has 0 radical (unpaired) electrons. The van der Waals surface area contributed by atoms with E-state index in [4.69, 9.17) is 5.11 Å². The SMILES string of the molecule is Cc1ccc(CC(=O)N2CCC[C@H]2C(=O)O)cc1C. The normalized spacial score (nSPS) is 18.6. The quantitative estimate of drug-likeness (QED) is 0.904. The van der Waals surface area contributed by atoms with Crippen LogP contribution in [-0.2, 0) is 16.0 Å². The highest BCUT2D eigenvalue weighted by molar-refractivity contribution is 5.85. The van der Waals surface area contributed by atoms with Gasteiger partial charge in [0.05, 0.1) is 6.42 Å². The highest BCUT2D eigenvalue weighted by Gasteiger charge is 2.33. The molecule has 0 bridgehead atoms. The molecule has 0 aliphatic carbocycles. The van der Waals surface area contributed by atoms with Crippen LogP contribution in [0.3, 0.4) is 0 Å². The first-order chi connectivity index (χ1) is 8.99. The third-order valence-corrected chi connectivity index (χ3v) is 3.78. The van der Waals surface area contributed by atoms with Crippen LogP contribution in [0.25, 0.3) is 0 Å². The van der Waals surface area contributed by atoms with Crippen molar-refractivity contribution in [1.82, 2.24) is 4.90 Å². The molecule has 102 valence electrons. The van der Waals surface area contributed by atoms with Gasteiger partial charge in [-0.15, -0.1) is 0 Å². The molecule has 19 heavy (non-hydrogen) atoms.